The van der Waals surface area contributed by atoms with E-state index in [2.05, 4.69) is 10.00 Å². The molecule has 0 saturated carbocycles. The van der Waals surface area contributed by atoms with Crippen molar-refractivity contribution in [3.8, 4) is 0 Å². The van der Waals surface area contributed by atoms with Gasteiger partial charge in [-0.1, -0.05) is 0 Å². The van der Waals surface area contributed by atoms with E-state index in [4.69, 9.17) is 0 Å². The Balaban J connectivity index is 2.09. The highest BCUT2D eigenvalue weighted by atomic mass is 16.2. The van der Waals surface area contributed by atoms with Crippen LogP contribution < -0.4 is 5.56 Å². The minimum atomic E-state index is -0.177. The Bertz CT molecular complexity index is 503. The highest BCUT2D eigenvalue weighted by Gasteiger charge is 2.33. The Kier molecular flexibility index (Phi) is 3.47. The molecule has 1 aromatic heterocycles. The van der Waals surface area contributed by atoms with Crippen LogP contribution in [0.15, 0.2) is 16.9 Å². The summed E-state index contributed by atoms with van der Waals surface area (Å²) >= 11 is 0. The number of carbonyl (C=O) groups is 1. The van der Waals surface area contributed by atoms with Gasteiger partial charge in [-0.2, -0.15) is 5.10 Å². The van der Waals surface area contributed by atoms with Crippen molar-refractivity contribution in [3.63, 3.8) is 0 Å². The first-order valence-corrected chi connectivity index (χ1v) is 6.06. The van der Waals surface area contributed by atoms with Crippen LogP contribution in [-0.2, 0) is 6.54 Å². The van der Waals surface area contributed by atoms with Gasteiger partial charge in [0.2, 0.25) is 0 Å². The van der Waals surface area contributed by atoms with Gasteiger partial charge in [-0.25, -0.2) is 4.68 Å². The van der Waals surface area contributed by atoms with E-state index in [1.54, 1.807) is 4.90 Å². The van der Waals surface area contributed by atoms with Gasteiger partial charge in [-0.3, -0.25) is 9.59 Å². The summed E-state index contributed by atoms with van der Waals surface area (Å²) in [5.74, 6) is -0.102. The molecule has 1 amide bonds. The average molecular weight is 250 g/mol. The lowest BCUT2D eigenvalue weighted by atomic mass is 10.1. The first kappa shape index (κ1) is 12.8. The normalized spacial score (nSPS) is 15.9. The first-order chi connectivity index (χ1) is 8.52. The summed E-state index contributed by atoms with van der Waals surface area (Å²) in [4.78, 5) is 27.3. The third-order valence-electron chi connectivity index (χ3n) is 3.27. The van der Waals surface area contributed by atoms with Gasteiger partial charge >= 0.3 is 0 Å². The van der Waals surface area contributed by atoms with Gasteiger partial charge in [-0.15, -0.1) is 0 Å². The van der Waals surface area contributed by atoms with E-state index >= 15 is 0 Å². The number of aromatic nitrogens is 2. The lowest BCUT2D eigenvalue weighted by Gasteiger charge is -2.42. The molecule has 0 radical (unpaired) electrons. The molecule has 0 atom stereocenters. The quantitative estimate of drug-likeness (QED) is 0.735. The molecule has 6 heteroatoms. The largest absolute Gasteiger partial charge is 0.334 e. The molecule has 1 aliphatic rings. The van der Waals surface area contributed by atoms with Crippen LogP contribution in [0.2, 0.25) is 0 Å². The van der Waals surface area contributed by atoms with Crippen LogP contribution in [0, 0.1) is 0 Å². The zero-order chi connectivity index (χ0) is 13.3. The molecule has 0 bridgehead atoms. The Labute approximate surface area is 106 Å². The Morgan fingerprint density at radius 2 is 2.11 bits per heavy atom. The van der Waals surface area contributed by atoms with Gasteiger partial charge in [0, 0.05) is 31.7 Å². The molecule has 1 fully saturated rings. The molecular formula is C12H18N4O2. The van der Waals surface area contributed by atoms with Crippen molar-refractivity contribution < 1.29 is 4.79 Å². The number of likely N-dealkylation sites (N-methyl/N-ethyl adjacent to an activating group) is 1. The number of nitrogens with zero attached hydrogens (tertiary/aromatic N) is 4. The maximum absolute atomic E-state index is 12.1. The molecule has 1 aromatic rings. The van der Waals surface area contributed by atoms with Crippen LogP contribution in [0.4, 0.5) is 0 Å². The fourth-order valence-corrected chi connectivity index (χ4v) is 1.90. The van der Waals surface area contributed by atoms with Gasteiger partial charge in [0.15, 0.2) is 0 Å². The number of likely N-dealkylation sites (tertiary alicyclic amines) is 1. The molecule has 98 valence electrons. The molecule has 1 saturated heterocycles. The summed E-state index contributed by atoms with van der Waals surface area (Å²) in [6, 6.07) is 3.32. The second-order valence-corrected chi connectivity index (χ2v) is 4.70. The number of hydrogen-bond acceptors (Lipinski definition) is 4. The molecule has 1 aliphatic heterocycles. The molecule has 0 spiro atoms. The van der Waals surface area contributed by atoms with Crippen molar-refractivity contribution in [2.24, 2.45) is 0 Å². The van der Waals surface area contributed by atoms with Gasteiger partial charge in [0.05, 0.1) is 0 Å². The third-order valence-corrected chi connectivity index (χ3v) is 3.27. The second-order valence-electron chi connectivity index (χ2n) is 4.70. The smallest absolute Gasteiger partial charge is 0.274 e. The Morgan fingerprint density at radius 3 is 2.67 bits per heavy atom. The fourth-order valence-electron chi connectivity index (χ4n) is 1.90. The number of hydrogen-bond donors (Lipinski definition) is 0. The van der Waals surface area contributed by atoms with Gasteiger partial charge in [0.25, 0.3) is 11.5 Å². The van der Waals surface area contributed by atoms with E-state index in [9.17, 15) is 9.59 Å². The van der Waals surface area contributed by atoms with E-state index in [0.29, 0.717) is 18.3 Å². The van der Waals surface area contributed by atoms with E-state index in [1.807, 2.05) is 21.0 Å². The number of amides is 1. The van der Waals surface area contributed by atoms with Crippen molar-refractivity contribution in [3.05, 3.63) is 28.2 Å². The number of aryl methyl sites for hydroxylation is 1. The van der Waals surface area contributed by atoms with Crippen molar-refractivity contribution in [2.45, 2.75) is 19.5 Å². The summed E-state index contributed by atoms with van der Waals surface area (Å²) < 4.78 is 1.30. The van der Waals surface area contributed by atoms with Gasteiger partial charge in [0.1, 0.15) is 5.69 Å². The van der Waals surface area contributed by atoms with Crippen LogP contribution in [0.3, 0.4) is 0 Å². The molecule has 2 rings (SSSR count). The summed E-state index contributed by atoms with van der Waals surface area (Å²) in [6.07, 6.45) is 0. The van der Waals surface area contributed by atoms with Crippen LogP contribution in [0.25, 0.3) is 0 Å². The fraction of sp³-hybridized carbons (Fsp3) is 0.583. The van der Waals surface area contributed by atoms with Crippen molar-refractivity contribution in [1.29, 1.82) is 0 Å². The summed E-state index contributed by atoms with van der Waals surface area (Å²) in [5.41, 5.74) is 0.164. The summed E-state index contributed by atoms with van der Waals surface area (Å²) in [7, 11) is 4.00. The zero-order valence-corrected chi connectivity index (χ0v) is 11.0. The van der Waals surface area contributed by atoms with Crippen LogP contribution >= 0.6 is 0 Å². The molecule has 0 N–H and O–H groups in total. The maximum Gasteiger partial charge on any atom is 0.274 e. The average Bonchev–Trinajstić information content (AvgIpc) is 2.26. The standard InChI is InChI=1S/C12H18N4O2/c1-4-16-11(17)6-5-10(13-16)12(18)15-7-9(8-15)14(2)3/h5-6,9H,4,7-8H2,1-3H3. The summed E-state index contributed by atoms with van der Waals surface area (Å²) in [6.45, 7) is 3.74. The lowest BCUT2D eigenvalue weighted by molar-refractivity contribution is 0.0391. The third kappa shape index (κ3) is 2.28. The highest BCUT2D eigenvalue weighted by Crippen LogP contribution is 2.14. The first-order valence-electron chi connectivity index (χ1n) is 6.06. The number of carbonyl (C=O) groups excluding carboxylic acids is 1. The Morgan fingerprint density at radius 1 is 1.44 bits per heavy atom. The minimum Gasteiger partial charge on any atom is -0.334 e. The van der Waals surface area contributed by atoms with Crippen LogP contribution in [0.5, 0.6) is 0 Å². The second kappa shape index (κ2) is 4.89. The molecule has 2 heterocycles. The monoisotopic (exact) mass is 250 g/mol. The number of rotatable bonds is 3. The molecule has 6 nitrogen and oxygen atoms in total. The van der Waals surface area contributed by atoms with Crippen molar-refractivity contribution in [1.82, 2.24) is 19.6 Å². The predicted octanol–water partition coefficient (Wildman–Crippen LogP) is -0.351. The zero-order valence-electron chi connectivity index (χ0n) is 11.0. The van der Waals surface area contributed by atoms with E-state index in [-0.39, 0.29) is 11.5 Å². The van der Waals surface area contributed by atoms with Crippen LogP contribution in [-0.4, -0.2) is 58.7 Å². The highest BCUT2D eigenvalue weighted by molar-refractivity contribution is 5.92. The molecule has 18 heavy (non-hydrogen) atoms. The summed E-state index contributed by atoms with van der Waals surface area (Å²) in [5, 5.41) is 4.06. The van der Waals surface area contributed by atoms with E-state index < -0.39 is 0 Å². The van der Waals surface area contributed by atoms with E-state index in [0.717, 1.165) is 13.1 Å². The van der Waals surface area contributed by atoms with Crippen LogP contribution in [0.1, 0.15) is 17.4 Å². The predicted molar refractivity (Wildman–Crippen MR) is 67.5 cm³/mol. The lowest BCUT2D eigenvalue weighted by Crippen LogP contribution is -2.59. The molecule has 0 aromatic carbocycles. The Hall–Kier alpha value is -1.69. The van der Waals surface area contributed by atoms with Gasteiger partial charge < -0.3 is 9.80 Å². The van der Waals surface area contributed by atoms with Crippen molar-refractivity contribution in [2.75, 3.05) is 27.2 Å². The van der Waals surface area contributed by atoms with E-state index in [1.165, 1.54) is 16.8 Å². The van der Waals surface area contributed by atoms with Crippen molar-refractivity contribution >= 4 is 5.91 Å². The van der Waals surface area contributed by atoms with Gasteiger partial charge in [-0.05, 0) is 27.1 Å². The molecule has 0 aliphatic carbocycles. The molecular weight excluding hydrogens is 232 g/mol. The SMILES string of the molecule is CCn1nc(C(=O)N2CC(N(C)C)C2)ccc1=O. The topological polar surface area (TPSA) is 58.4 Å². The molecule has 0 unspecified atom stereocenters. The minimum absolute atomic E-state index is 0.102. The maximum atomic E-state index is 12.1.